The summed E-state index contributed by atoms with van der Waals surface area (Å²) in [6, 6.07) is 0. The van der Waals surface area contributed by atoms with E-state index >= 15 is 0 Å². The molecular formula is C21H27BrO5. The Balaban J connectivity index is 2.75. The first-order chi connectivity index (χ1) is 12.8. The van der Waals surface area contributed by atoms with Crippen LogP contribution in [0.4, 0.5) is 0 Å². The molecule has 2 atom stereocenters. The fourth-order valence-corrected chi connectivity index (χ4v) is 3.10. The molecule has 1 aliphatic rings. The van der Waals surface area contributed by atoms with Gasteiger partial charge in [0.25, 0.3) is 0 Å². The first-order valence-corrected chi connectivity index (χ1v) is 9.72. The lowest BCUT2D eigenvalue weighted by Gasteiger charge is -2.20. The Bertz CT molecular complexity index is 672. The van der Waals surface area contributed by atoms with Crippen LogP contribution in [0.3, 0.4) is 0 Å². The number of Topliss-reactive ketones (excluding diaryl/α,β-unsaturated/α-hetero) is 1. The fraction of sp³-hybridized carbons (Fsp3) is 0.429. The highest BCUT2D eigenvalue weighted by atomic mass is 79.9. The second kappa shape index (κ2) is 11.8. The third-order valence-electron chi connectivity index (χ3n) is 4.03. The van der Waals surface area contributed by atoms with Crippen molar-refractivity contribution < 1.29 is 24.5 Å². The minimum atomic E-state index is -1.39. The molecule has 1 aliphatic carbocycles. The molecule has 0 unspecified atom stereocenters. The highest BCUT2D eigenvalue weighted by Gasteiger charge is 2.39. The molecule has 5 nitrogen and oxygen atoms in total. The number of hydrogen-bond donors (Lipinski definition) is 2. The van der Waals surface area contributed by atoms with Crippen molar-refractivity contribution in [2.24, 2.45) is 0 Å². The number of carbonyl (C=O) groups is 2. The number of ketones is 1. The average molecular weight is 439 g/mol. The van der Waals surface area contributed by atoms with Crippen LogP contribution in [0.1, 0.15) is 39.0 Å². The van der Waals surface area contributed by atoms with Crippen molar-refractivity contribution in [1.29, 1.82) is 0 Å². The average Bonchev–Trinajstić information content (AvgIpc) is 2.85. The number of aliphatic hydroxyl groups excluding tert-OH is 1. The van der Waals surface area contributed by atoms with Crippen molar-refractivity contribution in [3.8, 4) is 0 Å². The number of esters is 1. The fourth-order valence-electron chi connectivity index (χ4n) is 2.51. The molecule has 1 rings (SSSR count). The van der Waals surface area contributed by atoms with Gasteiger partial charge in [0, 0.05) is 18.4 Å². The first-order valence-electron chi connectivity index (χ1n) is 8.93. The summed E-state index contributed by atoms with van der Waals surface area (Å²) in [5.74, 6) is -0.680. The van der Waals surface area contributed by atoms with E-state index in [9.17, 15) is 19.8 Å². The normalized spacial score (nSPS) is 23.1. The highest BCUT2D eigenvalue weighted by molar-refractivity contribution is 9.12. The maximum absolute atomic E-state index is 12.3. The number of rotatable bonds is 10. The monoisotopic (exact) mass is 438 g/mol. The van der Waals surface area contributed by atoms with Crippen LogP contribution in [0.25, 0.3) is 0 Å². The SMILES string of the molecule is CC/C=C\C/C=C\C[C@@]1(O)C=C(Br)C(=O)/C1=C\C=C\[C@@H](O)CCC(=O)OC. The molecule has 0 aromatic rings. The standard InChI is InChI=1S/C21H27BrO5/c1-3-4-5-6-7-8-14-21(26)15-18(22)20(25)17(21)11-9-10-16(23)12-13-19(24)27-2/h4-5,7-11,15-16,23,26H,3,6,12-14H2,1-2H3/b5-4-,8-7-,10-9+,17-11+/t16-,21-/m1/s1. The van der Waals surface area contributed by atoms with Gasteiger partial charge in [0.2, 0.25) is 0 Å². The van der Waals surface area contributed by atoms with E-state index in [1.54, 1.807) is 0 Å². The summed E-state index contributed by atoms with van der Waals surface area (Å²) in [6.07, 6.45) is 15.4. The minimum Gasteiger partial charge on any atom is -0.469 e. The second-order valence-electron chi connectivity index (χ2n) is 6.18. The Morgan fingerprint density at radius 1 is 1.33 bits per heavy atom. The zero-order chi connectivity index (χ0) is 20.3. The molecule has 6 heteroatoms. The van der Waals surface area contributed by atoms with Gasteiger partial charge in [-0.05, 0) is 41.3 Å². The molecule has 0 aromatic heterocycles. The van der Waals surface area contributed by atoms with Crippen LogP contribution in [0.2, 0.25) is 0 Å². The third-order valence-corrected chi connectivity index (χ3v) is 4.62. The van der Waals surface area contributed by atoms with Crippen LogP contribution in [0.15, 0.2) is 58.7 Å². The Hall–Kier alpha value is -1.76. The molecule has 148 valence electrons. The Labute approximate surface area is 168 Å². The van der Waals surface area contributed by atoms with Gasteiger partial charge >= 0.3 is 5.97 Å². The zero-order valence-electron chi connectivity index (χ0n) is 15.7. The van der Waals surface area contributed by atoms with Gasteiger partial charge in [-0.25, -0.2) is 0 Å². The predicted octanol–water partition coefficient (Wildman–Crippen LogP) is 3.68. The second-order valence-corrected chi connectivity index (χ2v) is 7.04. The number of allylic oxidation sites excluding steroid dienone is 6. The number of carbonyl (C=O) groups excluding carboxylic acids is 2. The van der Waals surface area contributed by atoms with E-state index in [-0.39, 0.29) is 30.6 Å². The summed E-state index contributed by atoms with van der Waals surface area (Å²) in [5.41, 5.74) is -1.15. The Morgan fingerprint density at radius 2 is 2.04 bits per heavy atom. The van der Waals surface area contributed by atoms with Gasteiger partial charge in [0.15, 0.2) is 5.78 Å². The topological polar surface area (TPSA) is 83.8 Å². The lowest BCUT2D eigenvalue weighted by Crippen LogP contribution is -2.27. The lowest BCUT2D eigenvalue weighted by molar-refractivity contribution is -0.141. The van der Waals surface area contributed by atoms with E-state index in [2.05, 4.69) is 33.7 Å². The van der Waals surface area contributed by atoms with Crippen LogP contribution in [0, 0.1) is 0 Å². The van der Waals surface area contributed by atoms with Crippen molar-refractivity contribution in [2.45, 2.75) is 50.7 Å². The summed E-state index contributed by atoms with van der Waals surface area (Å²) in [6.45, 7) is 2.06. The quantitative estimate of drug-likeness (QED) is 0.308. The maximum Gasteiger partial charge on any atom is 0.305 e. The molecule has 27 heavy (non-hydrogen) atoms. The first kappa shape index (κ1) is 23.3. The Morgan fingerprint density at radius 3 is 2.70 bits per heavy atom. The van der Waals surface area contributed by atoms with Crippen molar-refractivity contribution in [1.82, 2.24) is 0 Å². The van der Waals surface area contributed by atoms with E-state index in [1.165, 1.54) is 31.4 Å². The van der Waals surface area contributed by atoms with Crippen LogP contribution >= 0.6 is 15.9 Å². The predicted molar refractivity (Wildman–Crippen MR) is 109 cm³/mol. The molecular weight excluding hydrogens is 412 g/mol. The number of ether oxygens (including phenoxy) is 1. The van der Waals surface area contributed by atoms with Crippen LogP contribution < -0.4 is 0 Å². The smallest absolute Gasteiger partial charge is 0.305 e. The highest BCUT2D eigenvalue weighted by Crippen LogP contribution is 2.36. The molecule has 0 spiro atoms. The molecule has 0 aromatic carbocycles. The van der Waals surface area contributed by atoms with E-state index in [0.717, 1.165) is 12.8 Å². The van der Waals surface area contributed by atoms with Crippen molar-refractivity contribution in [2.75, 3.05) is 7.11 Å². The number of methoxy groups -OCH3 is 1. The van der Waals surface area contributed by atoms with E-state index in [0.29, 0.717) is 4.48 Å². The largest absolute Gasteiger partial charge is 0.469 e. The molecule has 0 saturated carbocycles. The van der Waals surface area contributed by atoms with Gasteiger partial charge in [0.05, 0.1) is 17.7 Å². The summed E-state index contributed by atoms with van der Waals surface area (Å²) >= 11 is 3.18. The molecule has 0 radical (unpaired) electrons. The van der Waals surface area contributed by atoms with Crippen molar-refractivity contribution in [3.63, 3.8) is 0 Å². The molecule has 0 saturated heterocycles. The molecule has 2 N–H and O–H groups in total. The number of halogens is 1. The van der Waals surface area contributed by atoms with E-state index < -0.39 is 17.7 Å². The van der Waals surface area contributed by atoms with Gasteiger partial charge in [-0.3, -0.25) is 9.59 Å². The zero-order valence-corrected chi connectivity index (χ0v) is 17.3. The van der Waals surface area contributed by atoms with Gasteiger partial charge in [-0.1, -0.05) is 49.5 Å². The van der Waals surface area contributed by atoms with E-state index in [4.69, 9.17) is 0 Å². The maximum atomic E-state index is 12.3. The van der Waals surface area contributed by atoms with Crippen molar-refractivity contribution >= 4 is 27.7 Å². The summed E-state index contributed by atoms with van der Waals surface area (Å²) in [5, 5.41) is 20.7. The number of aliphatic hydroxyl groups is 2. The van der Waals surface area contributed by atoms with Gasteiger partial charge in [-0.15, -0.1) is 0 Å². The summed E-state index contributed by atoms with van der Waals surface area (Å²) < 4.78 is 4.84. The Kier molecular flexibility index (Phi) is 10.2. The van der Waals surface area contributed by atoms with E-state index in [1.807, 2.05) is 18.2 Å². The van der Waals surface area contributed by atoms with Gasteiger partial charge < -0.3 is 14.9 Å². The third kappa shape index (κ3) is 7.79. The van der Waals surface area contributed by atoms with Crippen LogP contribution in [-0.4, -0.2) is 40.8 Å². The van der Waals surface area contributed by atoms with Gasteiger partial charge in [0.1, 0.15) is 5.60 Å². The van der Waals surface area contributed by atoms with Crippen LogP contribution in [-0.2, 0) is 14.3 Å². The molecule has 0 amide bonds. The number of hydrogen-bond acceptors (Lipinski definition) is 5. The molecule has 0 aliphatic heterocycles. The summed E-state index contributed by atoms with van der Waals surface area (Å²) in [4.78, 5) is 23.4. The summed E-state index contributed by atoms with van der Waals surface area (Å²) in [7, 11) is 1.29. The molecule has 0 fully saturated rings. The van der Waals surface area contributed by atoms with Crippen LogP contribution in [0.5, 0.6) is 0 Å². The minimum absolute atomic E-state index is 0.103. The lowest BCUT2D eigenvalue weighted by atomic mass is 9.92. The molecule has 0 bridgehead atoms. The van der Waals surface area contributed by atoms with Gasteiger partial charge in [-0.2, -0.15) is 0 Å². The van der Waals surface area contributed by atoms with Crippen molar-refractivity contribution in [3.05, 3.63) is 58.7 Å². The molecule has 0 heterocycles.